The molecule has 1 saturated carbocycles. The summed E-state index contributed by atoms with van der Waals surface area (Å²) in [7, 11) is 0. The van der Waals surface area contributed by atoms with E-state index in [-0.39, 0.29) is 47.8 Å². The molecule has 1 aromatic carbocycles. The van der Waals surface area contributed by atoms with Crippen molar-refractivity contribution in [3.63, 3.8) is 0 Å². The monoisotopic (exact) mass is 523 g/mol. The van der Waals surface area contributed by atoms with Crippen LogP contribution in [0.2, 0.25) is 0 Å². The predicted octanol–water partition coefficient (Wildman–Crippen LogP) is 1.51. The number of carbonyl (C=O) groups excluding carboxylic acids is 4. The highest BCUT2D eigenvalue weighted by molar-refractivity contribution is 6.02. The van der Waals surface area contributed by atoms with Gasteiger partial charge in [-0.2, -0.15) is 0 Å². The van der Waals surface area contributed by atoms with Crippen molar-refractivity contribution in [1.29, 1.82) is 0 Å². The molecule has 206 valence electrons. The molecule has 0 radical (unpaired) electrons. The first-order chi connectivity index (χ1) is 18.3. The molecule has 4 aliphatic rings. The molecule has 4 fully saturated rings. The van der Waals surface area contributed by atoms with Crippen LogP contribution < -0.4 is 20.9 Å². The van der Waals surface area contributed by atoms with E-state index in [1.54, 1.807) is 17.0 Å². The van der Waals surface area contributed by atoms with E-state index < -0.39 is 18.1 Å². The summed E-state index contributed by atoms with van der Waals surface area (Å²) in [5.41, 5.74) is 1.56. The number of ketones is 2. The van der Waals surface area contributed by atoms with Crippen LogP contribution in [0.4, 0.5) is 5.69 Å². The number of anilines is 1. The minimum atomic E-state index is -0.804. The Morgan fingerprint density at radius 1 is 1.05 bits per heavy atom. The summed E-state index contributed by atoms with van der Waals surface area (Å²) in [4.78, 5) is 57.6. The van der Waals surface area contributed by atoms with E-state index in [1.807, 2.05) is 26.0 Å². The largest absolute Gasteiger partial charge is 0.369 e. The van der Waals surface area contributed by atoms with Crippen molar-refractivity contribution in [3.8, 4) is 0 Å². The van der Waals surface area contributed by atoms with Gasteiger partial charge in [-0.05, 0) is 55.9 Å². The van der Waals surface area contributed by atoms with E-state index in [9.17, 15) is 19.2 Å². The van der Waals surface area contributed by atoms with Gasteiger partial charge in [0, 0.05) is 49.4 Å². The first kappa shape index (κ1) is 26.8. The Hall–Kier alpha value is -2.78. The highest BCUT2D eigenvalue weighted by Crippen LogP contribution is 2.35. The van der Waals surface area contributed by atoms with Gasteiger partial charge in [0.05, 0.1) is 12.6 Å². The molecule has 4 atom stereocenters. The zero-order valence-electron chi connectivity index (χ0n) is 22.6. The number of amides is 2. The van der Waals surface area contributed by atoms with Crippen LogP contribution in [0.5, 0.6) is 0 Å². The average molecular weight is 524 g/mol. The third-order valence-electron chi connectivity index (χ3n) is 8.62. The van der Waals surface area contributed by atoms with Gasteiger partial charge in [0.25, 0.3) is 5.91 Å². The standard InChI is InChI=1S/C29H41N5O4/c1-18(2)15-23(32-28(37)20-7-9-21(10-8-20)33-13-11-30-12-14-33)29(38)34-24(27(36)19-5-3-4-6-19)16-22-26(34)25(35)17-31-22/h7-10,18-19,22-24,26,30-31H,3-6,11-17H2,1-2H3,(H,32,37). The molecule has 1 aromatic rings. The number of nitrogens with one attached hydrogen (secondary N) is 3. The van der Waals surface area contributed by atoms with E-state index in [1.165, 1.54) is 0 Å². The highest BCUT2D eigenvalue weighted by atomic mass is 16.2. The lowest BCUT2D eigenvalue weighted by molar-refractivity contribution is -0.145. The SMILES string of the molecule is CC(C)CC(NC(=O)c1ccc(N2CCNCC2)cc1)C(=O)N1C(C(=O)C2CCCC2)CC2NCC(=O)C21. The van der Waals surface area contributed by atoms with Gasteiger partial charge in [0.1, 0.15) is 12.1 Å². The molecule has 1 aliphatic carbocycles. The van der Waals surface area contributed by atoms with Gasteiger partial charge in [0.15, 0.2) is 11.6 Å². The van der Waals surface area contributed by atoms with Gasteiger partial charge in [-0.15, -0.1) is 0 Å². The lowest BCUT2D eigenvalue weighted by Gasteiger charge is -2.33. The number of hydrogen-bond donors (Lipinski definition) is 3. The average Bonchev–Trinajstić information content (AvgIpc) is 3.67. The zero-order chi connectivity index (χ0) is 26.8. The summed E-state index contributed by atoms with van der Waals surface area (Å²) in [6.07, 6.45) is 4.66. The second-order valence-electron chi connectivity index (χ2n) is 11.7. The molecule has 9 nitrogen and oxygen atoms in total. The van der Waals surface area contributed by atoms with Crippen molar-refractivity contribution in [3.05, 3.63) is 29.8 Å². The maximum atomic E-state index is 14.1. The summed E-state index contributed by atoms with van der Waals surface area (Å²) in [6.45, 7) is 7.93. The number of likely N-dealkylation sites (tertiary alicyclic amines) is 1. The first-order valence-electron chi connectivity index (χ1n) is 14.3. The third kappa shape index (κ3) is 5.50. The minimum Gasteiger partial charge on any atom is -0.369 e. The summed E-state index contributed by atoms with van der Waals surface area (Å²) in [5, 5.41) is 9.52. The van der Waals surface area contributed by atoms with E-state index in [0.29, 0.717) is 18.4 Å². The van der Waals surface area contributed by atoms with Crippen LogP contribution in [-0.2, 0) is 14.4 Å². The van der Waals surface area contributed by atoms with Gasteiger partial charge >= 0.3 is 0 Å². The second kappa shape index (κ2) is 11.5. The predicted molar refractivity (Wildman–Crippen MR) is 145 cm³/mol. The third-order valence-corrected chi connectivity index (χ3v) is 8.62. The molecule has 9 heteroatoms. The molecule has 3 aliphatic heterocycles. The topological polar surface area (TPSA) is 111 Å². The molecule has 0 spiro atoms. The number of hydrogen-bond acceptors (Lipinski definition) is 7. The van der Waals surface area contributed by atoms with Crippen LogP contribution in [0.25, 0.3) is 0 Å². The quantitative estimate of drug-likeness (QED) is 0.474. The van der Waals surface area contributed by atoms with Crippen LogP contribution in [-0.4, -0.2) is 85.2 Å². The van der Waals surface area contributed by atoms with Gasteiger partial charge in [-0.1, -0.05) is 26.7 Å². The maximum absolute atomic E-state index is 14.1. The maximum Gasteiger partial charge on any atom is 0.251 e. The Kier molecular flexibility index (Phi) is 8.14. The summed E-state index contributed by atoms with van der Waals surface area (Å²) < 4.78 is 0. The Morgan fingerprint density at radius 2 is 1.74 bits per heavy atom. The van der Waals surface area contributed by atoms with Crippen molar-refractivity contribution < 1.29 is 19.2 Å². The van der Waals surface area contributed by atoms with Crippen molar-refractivity contribution in [2.75, 3.05) is 37.6 Å². The van der Waals surface area contributed by atoms with Crippen molar-refractivity contribution >= 4 is 29.1 Å². The number of nitrogens with zero attached hydrogens (tertiary/aromatic N) is 2. The molecule has 4 unspecified atom stereocenters. The van der Waals surface area contributed by atoms with Gasteiger partial charge in [0.2, 0.25) is 5.91 Å². The highest BCUT2D eigenvalue weighted by Gasteiger charge is 2.54. The fourth-order valence-corrected chi connectivity index (χ4v) is 6.67. The van der Waals surface area contributed by atoms with E-state index in [2.05, 4.69) is 20.9 Å². The zero-order valence-corrected chi connectivity index (χ0v) is 22.6. The van der Waals surface area contributed by atoms with Crippen LogP contribution >= 0.6 is 0 Å². The smallest absolute Gasteiger partial charge is 0.251 e. The number of fused-ring (bicyclic) bond motifs is 1. The fraction of sp³-hybridized carbons (Fsp3) is 0.655. The fourth-order valence-electron chi connectivity index (χ4n) is 6.67. The summed E-state index contributed by atoms with van der Waals surface area (Å²) >= 11 is 0. The van der Waals surface area contributed by atoms with Crippen molar-refractivity contribution in [2.45, 2.75) is 76.5 Å². The Morgan fingerprint density at radius 3 is 2.39 bits per heavy atom. The molecule has 0 bridgehead atoms. The van der Waals surface area contributed by atoms with E-state index in [0.717, 1.165) is 57.5 Å². The normalized spacial score (nSPS) is 26.6. The second-order valence-corrected chi connectivity index (χ2v) is 11.7. The lowest BCUT2D eigenvalue weighted by atomic mass is 9.94. The van der Waals surface area contributed by atoms with Crippen LogP contribution in [0, 0.1) is 11.8 Å². The molecule has 5 rings (SSSR count). The molecule has 0 aromatic heterocycles. The van der Waals surface area contributed by atoms with Crippen molar-refractivity contribution in [1.82, 2.24) is 20.9 Å². The van der Waals surface area contributed by atoms with Crippen LogP contribution in [0.15, 0.2) is 24.3 Å². The molecule has 3 heterocycles. The molecule has 2 amide bonds. The Bertz CT molecular complexity index is 1050. The summed E-state index contributed by atoms with van der Waals surface area (Å²) in [6, 6.07) is 5.24. The molecular weight excluding hydrogens is 482 g/mol. The molecule has 3 N–H and O–H groups in total. The Balaban J connectivity index is 1.34. The molecular formula is C29H41N5O4. The van der Waals surface area contributed by atoms with Crippen molar-refractivity contribution in [2.24, 2.45) is 11.8 Å². The number of piperazine rings is 1. The number of rotatable bonds is 8. The van der Waals surface area contributed by atoms with Crippen LogP contribution in [0.1, 0.15) is 62.7 Å². The molecule has 3 saturated heterocycles. The van der Waals surface area contributed by atoms with Gasteiger partial charge in [-0.25, -0.2) is 0 Å². The molecule has 38 heavy (non-hydrogen) atoms. The van der Waals surface area contributed by atoms with Gasteiger partial charge < -0.3 is 25.8 Å². The first-order valence-corrected chi connectivity index (χ1v) is 14.3. The van der Waals surface area contributed by atoms with Crippen LogP contribution in [0.3, 0.4) is 0 Å². The number of benzene rings is 1. The van der Waals surface area contributed by atoms with E-state index >= 15 is 0 Å². The number of carbonyl (C=O) groups is 4. The summed E-state index contributed by atoms with van der Waals surface area (Å²) in [5.74, 6) is -0.511. The Labute approximate surface area is 225 Å². The van der Waals surface area contributed by atoms with Gasteiger partial charge in [-0.3, -0.25) is 19.2 Å². The number of Topliss-reactive ketones (excluding diaryl/α,β-unsaturated/α-hetero) is 2. The lowest BCUT2D eigenvalue weighted by Crippen LogP contribution is -2.56. The van der Waals surface area contributed by atoms with E-state index in [4.69, 9.17) is 0 Å². The minimum absolute atomic E-state index is 0.0448.